The van der Waals surface area contributed by atoms with Gasteiger partial charge >= 0.3 is 0 Å². The summed E-state index contributed by atoms with van der Waals surface area (Å²) in [4.78, 5) is 4.66. The van der Waals surface area contributed by atoms with Crippen LogP contribution >= 0.6 is 24.0 Å². The van der Waals surface area contributed by atoms with Crippen molar-refractivity contribution in [2.75, 3.05) is 26.8 Å². The third-order valence-electron chi connectivity index (χ3n) is 4.05. The Balaban J connectivity index is 0.00000220. The fraction of sp³-hybridized carbons (Fsp3) is 0.933. The van der Waals surface area contributed by atoms with Gasteiger partial charge in [-0.15, -0.1) is 24.0 Å². The molecular formula is C15H30IN3O2. The summed E-state index contributed by atoms with van der Waals surface area (Å²) in [6.45, 7) is 4.73. The van der Waals surface area contributed by atoms with Crippen molar-refractivity contribution in [3.8, 4) is 0 Å². The van der Waals surface area contributed by atoms with Gasteiger partial charge in [0.2, 0.25) is 0 Å². The third kappa shape index (κ3) is 6.28. The zero-order chi connectivity index (χ0) is 14.2. The third-order valence-corrected chi connectivity index (χ3v) is 4.05. The highest BCUT2D eigenvalue weighted by Crippen LogP contribution is 2.34. The van der Waals surface area contributed by atoms with E-state index in [2.05, 4.69) is 22.5 Å². The van der Waals surface area contributed by atoms with Gasteiger partial charge in [0.15, 0.2) is 5.96 Å². The summed E-state index contributed by atoms with van der Waals surface area (Å²) in [6, 6.07) is 0.444. The molecule has 0 aliphatic carbocycles. The molecule has 2 aliphatic rings. The first kappa shape index (κ1) is 19.0. The second-order valence-electron chi connectivity index (χ2n) is 5.67. The van der Waals surface area contributed by atoms with Crippen molar-refractivity contribution < 1.29 is 9.47 Å². The first-order valence-electron chi connectivity index (χ1n) is 8.02. The van der Waals surface area contributed by atoms with Crippen LogP contribution in [-0.2, 0) is 9.47 Å². The molecule has 2 bridgehead atoms. The molecule has 124 valence electrons. The summed E-state index contributed by atoms with van der Waals surface area (Å²) in [6.07, 6.45) is 7.84. The van der Waals surface area contributed by atoms with E-state index in [1.165, 1.54) is 19.3 Å². The van der Waals surface area contributed by atoms with Gasteiger partial charge < -0.3 is 20.1 Å². The Morgan fingerprint density at radius 3 is 2.76 bits per heavy atom. The Labute approximate surface area is 145 Å². The number of aliphatic imine (C=N–C) groups is 1. The summed E-state index contributed by atoms with van der Waals surface area (Å²) in [7, 11) is 1.75. The number of methoxy groups -OCH3 is 1. The minimum absolute atomic E-state index is 0. The first-order chi connectivity index (χ1) is 9.83. The predicted octanol–water partition coefficient (Wildman–Crippen LogP) is 2.30. The number of hydrogen-bond acceptors (Lipinski definition) is 3. The van der Waals surface area contributed by atoms with Crippen molar-refractivity contribution in [2.24, 2.45) is 4.99 Å². The second kappa shape index (κ2) is 10.6. The highest BCUT2D eigenvalue weighted by Gasteiger charge is 2.41. The average Bonchev–Trinajstić information content (AvgIpc) is 3.05. The fourth-order valence-corrected chi connectivity index (χ4v) is 3.01. The lowest BCUT2D eigenvalue weighted by molar-refractivity contribution is 0.0992. The number of unbranched alkanes of at least 4 members (excludes halogenated alkanes) is 2. The van der Waals surface area contributed by atoms with Crippen LogP contribution in [0.3, 0.4) is 0 Å². The maximum atomic E-state index is 5.87. The lowest BCUT2D eigenvalue weighted by Gasteiger charge is -2.22. The van der Waals surface area contributed by atoms with Gasteiger partial charge in [-0.2, -0.15) is 0 Å². The number of nitrogens with zero attached hydrogens (tertiary/aromatic N) is 1. The molecular weight excluding hydrogens is 381 g/mol. The molecule has 0 spiro atoms. The van der Waals surface area contributed by atoms with Gasteiger partial charge in [-0.3, -0.25) is 4.99 Å². The zero-order valence-corrected chi connectivity index (χ0v) is 15.6. The summed E-state index contributed by atoms with van der Waals surface area (Å²) in [5.41, 5.74) is 0. The maximum absolute atomic E-state index is 5.87. The molecule has 2 saturated heterocycles. The molecule has 0 aromatic carbocycles. The smallest absolute Gasteiger partial charge is 0.191 e. The van der Waals surface area contributed by atoms with Crippen molar-refractivity contribution in [2.45, 2.75) is 63.7 Å². The average molecular weight is 411 g/mol. The predicted molar refractivity (Wildman–Crippen MR) is 96.6 cm³/mol. The molecule has 2 N–H and O–H groups in total. The SMILES string of the molecule is CCNC(=NCCCCCOC)NC1CC2CCC1O2.I. The number of fused-ring (bicyclic) bond motifs is 2. The molecule has 21 heavy (non-hydrogen) atoms. The molecule has 3 atom stereocenters. The van der Waals surface area contributed by atoms with Crippen LogP contribution in [0.4, 0.5) is 0 Å². The van der Waals surface area contributed by atoms with E-state index in [-0.39, 0.29) is 24.0 Å². The Hall–Kier alpha value is -0.0800. The van der Waals surface area contributed by atoms with Crippen LogP contribution in [0.15, 0.2) is 4.99 Å². The number of rotatable bonds is 8. The van der Waals surface area contributed by atoms with E-state index in [4.69, 9.17) is 9.47 Å². The largest absolute Gasteiger partial charge is 0.385 e. The molecule has 0 saturated carbocycles. The van der Waals surface area contributed by atoms with Crippen LogP contribution in [0.25, 0.3) is 0 Å². The van der Waals surface area contributed by atoms with Gasteiger partial charge in [0.05, 0.1) is 18.2 Å². The van der Waals surface area contributed by atoms with E-state index in [0.29, 0.717) is 18.2 Å². The van der Waals surface area contributed by atoms with Crippen molar-refractivity contribution in [3.05, 3.63) is 0 Å². The van der Waals surface area contributed by atoms with Crippen LogP contribution in [-0.4, -0.2) is 51.0 Å². The molecule has 2 fully saturated rings. The minimum Gasteiger partial charge on any atom is -0.385 e. The van der Waals surface area contributed by atoms with Gasteiger partial charge in [-0.25, -0.2) is 0 Å². The highest BCUT2D eigenvalue weighted by atomic mass is 127. The molecule has 0 amide bonds. The Kier molecular flexibility index (Phi) is 9.59. The Morgan fingerprint density at radius 1 is 1.29 bits per heavy atom. The van der Waals surface area contributed by atoms with E-state index in [1.807, 2.05) is 0 Å². The van der Waals surface area contributed by atoms with Crippen LogP contribution in [0.2, 0.25) is 0 Å². The van der Waals surface area contributed by atoms with Gasteiger partial charge in [0.1, 0.15) is 0 Å². The first-order valence-corrected chi connectivity index (χ1v) is 8.02. The standard InChI is InChI=1S/C15H29N3O2.HI/c1-3-16-15(17-9-5-4-6-10-19-2)18-13-11-12-7-8-14(13)20-12;/h12-14H,3-11H2,1-2H3,(H2,16,17,18);1H. The highest BCUT2D eigenvalue weighted by molar-refractivity contribution is 14.0. The molecule has 0 aromatic rings. The molecule has 3 unspecified atom stereocenters. The summed E-state index contributed by atoms with van der Waals surface area (Å²) < 4.78 is 10.9. The monoisotopic (exact) mass is 411 g/mol. The van der Waals surface area contributed by atoms with E-state index in [1.54, 1.807) is 7.11 Å². The summed E-state index contributed by atoms with van der Waals surface area (Å²) in [5, 5.41) is 6.87. The second-order valence-corrected chi connectivity index (χ2v) is 5.67. The number of halogens is 1. The van der Waals surface area contributed by atoms with Crippen LogP contribution in [0.1, 0.15) is 45.4 Å². The van der Waals surface area contributed by atoms with Gasteiger partial charge in [-0.05, 0) is 45.4 Å². The van der Waals surface area contributed by atoms with Crippen molar-refractivity contribution in [3.63, 3.8) is 0 Å². The summed E-state index contributed by atoms with van der Waals surface area (Å²) in [5.74, 6) is 0.945. The molecule has 6 heteroatoms. The van der Waals surface area contributed by atoms with Crippen LogP contribution < -0.4 is 10.6 Å². The van der Waals surface area contributed by atoms with Crippen molar-refractivity contribution in [1.29, 1.82) is 0 Å². The number of ether oxygens (including phenoxy) is 2. The lowest BCUT2D eigenvalue weighted by Crippen LogP contribution is -2.47. The molecule has 2 rings (SSSR count). The Bertz CT molecular complexity index is 315. The van der Waals surface area contributed by atoms with Crippen molar-refractivity contribution in [1.82, 2.24) is 10.6 Å². The van der Waals surface area contributed by atoms with Crippen LogP contribution in [0.5, 0.6) is 0 Å². The van der Waals surface area contributed by atoms with E-state index in [9.17, 15) is 0 Å². The molecule has 0 radical (unpaired) electrons. The van der Waals surface area contributed by atoms with Gasteiger partial charge in [0, 0.05) is 26.8 Å². The molecule has 0 aromatic heterocycles. The van der Waals surface area contributed by atoms with Crippen molar-refractivity contribution >= 4 is 29.9 Å². The van der Waals surface area contributed by atoms with Gasteiger partial charge in [-0.1, -0.05) is 0 Å². The van der Waals surface area contributed by atoms with E-state index < -0.39 is 0 Å². The van der Waals surface area contributed by atoms with E-state index >= 15 is 0 Å². The zero-order valence-electron chi connectivity index (χ0n) is 13.3. The molecule has 2 heterocycles. The normalized spacial score (nSPS) is 27.5. The lowest BCUT2D eigenvalue weighted by atomic mass is 9.96. The fourth-order valence-electron chi connectivity index (χ4n) is 3.01. The molecule has 5 nitrogen and oxygen atoms in total. The molecule has 2 aliphatic heterocycles. The van der Waals surface area contributed by atoms with E-state index in [0.717, 1.165) is 44.9 Å². The minimum atomic E-state index is 0. The van der Waals surface area contributed by atoms with Crippen LogP contribution in [0, 0.1) is 0 Å². The Morgan fingerprint density at radius 2 is 2.14 bits per heavy atom. The number of hydrogen-bond donors (Lipinski definition) is 2. The van der Waals surface area contributed by atoms with Gasteiger partial charge in [0.25, 0.3) is 0 Å². The number of guanidine groups is 1. The quantitative estimate of drug-likeness (QED) is 0.279. The number of nitrogens with one attached hydrogen (secondary N) is 2. The topological polar surface area (TPSA) is 54.9 Å². The summed E-state index contributed by atoms with van der Waals surface area (Å²) >= 11 is 0. The maximum Gasteiger partial charge on any atom is 0.191 e.